The van der Waals surface area contributed by atoms with Crippen LogP contribution < -0.4 is 0 Å². The summed E-state index contributed by atoms with van der Waals surface area (Å²) in [6, 6.07) is 0. The monoisotopic (exact) mass is 223 g/mol. The molecule has 0 aromatic carbocycles. The molecular weight excluding hydrogens is 223 g/mol. The summed E-state index contributed by atoms with van der Waals surface area (Å²) in [5, 5.41) is 0. The first-order valence-corrected chi connectivity index (χ1v) is 0. The maximum absolute atomic E-state index is 0. The van der Waals surface area contributed by atoms with Gasteiger partial charge in [0, 0.05) is 60.1 Å². The fourth-order valence-electron chi connectivity index (χ4n) is 0. The van der Waals surface area contributed by atoms with Crippen LogP contribution in [-0.2, 0) is 60.1 Å². The van der Waals surface area contributed by atoms with E-state index in [0.717, 1.165) is 0 Å². The first kappa shape index (κ1) is 36.3. The molecule has 0 atom stereocenters. The Morgan fingerprint density at radius 3 is 1.00 bits per heavy atom. The minimum Gasteiger partial charge on any atom is 0 e. The molecule has 0 aliphatic rings. The second-order valence-electron chi connectivity index (χ2n) is 0. The normalized spacial score (nSPS) is 0. The van der Waals surface area contributed by atoms with Crippen LogP contribution in [0.3, 0.4) is 0 Å². The van der Waals surface area contributed by atoms with E-state index in [1.165, 1.54) is 0 Å². The predicted octanol–water partition coefficient (Wildman–Crippen LogP) is -0.924. The van der Waals surface area contributed by atoms with Gasteiger partial charge in [-0.2, -0.15) is 0 Å². The van der Waals surface area contributed by atoms with Crippen LogP contribution in [-0.4, -0.2) is 10.1 Å². The smallest absolute Gasteiger partial charge is 0 e. The molecule has 0 aliphatic carbocycles. The van der Waals surface area contributed by atoms with Crippen molar-refractivity contribution in [3.63, 3.8) is 0 Å². The molecule has 4 heavy (non-hydrogen) atoms. The van der Waals surface area contributed by atoms with Crippen molar-refractivity contribution in [2.75, 3.05) is 0 Å². The van der Waals surface area contributed by atoms with Crippen LogP contribution in [0.4, 0.5) is 0 Å². The zero-order valence-electron chi connectivity index (χ0n) is 1.13. The van der Waals surface area contributed by atoms with Gasteiger partial charge in [-0.3, -0.25) is 0 Å². The Bertz CT molecular complexity index is 8.00. The molecule has 0 N–H and O–H groups in total. The summed E-state index contributed by atoms with van der Waals surface area (Å²) in [7, 11) is 0. The van der Waals surface area contributed by atoms with Gasteiger partial charge >= 0.3 is 10.1 Å². The quantitative estimate of drug-likeness (QED) is 0.467. The predicted molar refractivity (Wildman–Crippen MR) is 8.54 cm³/mol. The maximum Gasteiger partial charge on any atom is 0 e. The zero-order valence-corrected chi connectivity index (χ0v) is 5.58. The number of rotatable bonds is 0. The van der Waals surface area contributed by atoms with Gasteiger partial charge in [0.25, 0.3) is 0 Å². The molecule has 2 radical (unpaired) electrons. The average molecular weight is 225 g/mol. The molecule has 0 saturated carbocycles. The molecule has 28 valence electrons. The van der Waals surface area contributed by atoms with Crippen molar-refractivity contribution in [1.82, 2.24) is 0 Å². The molecule has 0 spiro atoms. The van der Waals surface area contributed by atoms with Gasteiger partial charge in [-0.15, -0.1) is 0 Å². The minimum absolute atomic E-state index is 0. The summed E-state index contributed by atoms with van der Waals surface area (Å²) in [4.78, 5) is 0. The van der Waals surface area contributed by atoms with Gasteiger partial charge in [0.1, 0.15) is 0 Å². The van der Waals surface area contributed by atoms with E-state index in [1.54, 1.807) is 0 Å². The molecule has 0 aromatic heterocycles. The molecule has 4 heteroatoms. The average Bonchev–Trinajstić information content (AvgIpc) is 0. The second-order valence-corrected chi connectivity index (χ2v) is 0. The second kappa shape index (κ2) is 19.6. The molecule has 0 fully saturated rings. The van der Waals surface area contributed by atoms with Gasteiger partial charge in [0.2, 0.25) is 0 Å². The topological polar surface area (TPSA) is 0 Å². The van der Waals surface area contributed by atoms with Gasteiger partial charge in [-0.05, 0) is 0 Å². The fourth-order valence-corrected chi connectivity index (χ4v) is 0. The first-order valence-electron chi connectivity index (χ1n) is 0. The van der Waals surface area contributed by atoms with Crippen LogP contribution >= 0.6 is 0 Å². The van der Waals surface area contributed by atoms with Gasteiger partial charge in [0.05, 0.1) is 0 Å². The number of hydrogen-bond acceptors (Lipinski definition) is 0. The Kier molecular flexibility index (Phi) is 177. The molecular formula is H2BeCoCuZr. The summed E-state index contributed by atoms with van der Waals surface area (Å²) in [5.74, 6) is 0. The van der Waals surface area contributed by atoms with Crippen molar-refractivity contribution in [3.8, 4) is 0 Å². The van der Waals surface area contributed by atoms with E-state index < -0.39 is 0 Å². The van der Waals surface area contributed by atoms with Crippen LogP contribution in [0.25, 0.3) is 0 Å². The molecule has 0 saturated heterocycles. The van der Waals surface area contributed by atoms with Crippen molar-refractivity contribution in [1.29, 1.82) is 0 Å². The maximum atomic E-state index is 0. The van der Waals surface area contributed by atoms with Crippen molar-refractivity contribution in [3.05, 3.63) is 0 Å². The molecule has 0 rings (SSSR count). The van der Waals surface area contributed by atoms with Crippen LogP contribution in [0.1, 0.15) is 0 Å². The Morgan fingerprint density at radius 1 is 1.00 bits per heavy atom. The van der Waals surface area contributed by atoms with Gasteiger partial charge in [-0.1, -0.05) is 0 Å². The number of hydrogen-bond donors (Lipinski definition) is 0. The van der Waals surface area contributed by atoms with E-state index in [2.05, 4.69) is 0 Å². The molecule has 0 aromatic rings. The van der Waals surface area contributed by atoms with Crippen LogP contribution in [0, 0.1) is 0 Å². The molecule has 0 nitrogen and oxygen atoms in total. The first-order chi connectivity index (χ1) is 0. The van der Waals surface area contributed by atoms with Crippen molar-refractivity contribution < 1.29 is 60.1 Å². The van der Waals surface area contributed by atoms with Gasteiger partial charge in [0.15, 0.2) is 0 Å². The molecule has 0 unspecified atom stereocenters. The largest absolute Gasteiger partial charge is 0 e. The van der Waals surface area contributed by atoms with Crippen molar-refractivity contribution in [2.45, 2.75) is 0 Å². The third-order valence-corrected chi connectivity index (χ3v) is 0. The van der Waals surface area contributed by atoms with Gasteiger partial charge < -0.3 is 0 Å². The van der Waals surface area contributed by atoms with E-state index in [0.29, 0.717) is 0 Å². The summed E-state index contributed by atoms with van der Waals surface area (Å²) < 4.78 is 0. The van der Waals surface area contributed by atoms with E-state index >= 15 is 0 Å². The molecule has 0 aliphatic heterocycles. The Balaban J connectivity index is 0. The molecule has 0 amide bonds. The van der Waals surface area contributed by atoms with Crippen LogP contribution in [0.2, 0.25) is 0 Å². The summed E-state index contributed by atoms with van der Waals surface area (Å²) in [6.45, 7) is 0. The Morgan fingerprint density at radius 2 is 1.00 bits per heavy atom. The Hall–Kier alpha value is 2.08. The molecule has 0 heterocycles. The van der Waals surface area contributed by atoms with E-state index in [4.69, 9.17) is 0 Å². The van der Waals surface area contributed by atoms with Crippen molar-refractivity contribution >= 4 is 10.1 Å². The third kappa shape index (κ3) is 8.95. The standard InChI is InChI=1S/Be.Co.Cu.Zr.2H. The minimum atomic E-state index is 0. The van der Waals surface area contributed by atoms with Gasteiger partial charge in [-0.25, -0.2) is 0 Å². The van der Waals surface area contributed by atoms with Crippen LogP contribution in [0.5, 0.6) is 0 Å². The molecule has 0 bridgehead atoms. The van der Waals surface area contributed by atoms with Crippen LogP contribution in [0.15, 0.2) is 0 Å². The Labute approximate surface area is 69.5 Å². The summed E-state index contributed by atoms with van der Waals surface area (Å²) in [5.41, 5.74) is 0. The fraction of sp³-hybridized carbons (Fsp3) is 0. The summed E-state index contributed by atoms with van der Waals surface area (Å²) in [6.07, 6.45) is 0. The zero-order chi connectivity index (χ0) is 0. The van der Waals surface area contributed by atoms with E-state index in [1.807, 2.05) is 0 Å². The summed E-state index contributed by atoms with van der Waals surface area (Å²) >= 11 is 0. The van der Waals surface area contributed by atoms with E-state index in [9.17, 15) is 0 Å². The third-order valence-electron chi connectivity index (χ3n) is 0. The van der Waals surface area contributed by atoms with E-state index in [-0.39, 0.29) is 70.2 Å². The van der Waals surface area contributed by atoms with Crippen molar-refractivity contribution in [2.24, 2.45) is 0 Å². The SMILES string of the molecule is [BeH2].[Co].[Cu].[Zr].